The lowest BCUT2D eigenvalue weighted by Crippen LogP contribution is -2.52. The molecule has 0 saturated carbocycles. The smallest absolute Gasteiger partial charge is 0.307 e. The van der Waals surface area contributed by atoms with Gasteiger partial charge in [-0.3, -0.25) is 4.48 Å². The van der Waals surface area contributed by atoms with Crippen molar-refractivity contribution in [3.05, 3.63) is 186 Å². The van der Waals surface area contributed by atoms with Crippen LogP contribution in [0.2, 0.25) is 0 Å². The van der Waals surface area contributed by atoms with E-state index >= 15 is 0 Å². The normalized spacial score (nSPS) is 10.8. The summed E-state index contributed by atoms with van der Waals surface area (Å²) in [6.07, 6.45) is 0. The highest BCUT2D eigenvalue weighted by Gasteiger charge is 2.28. The van der Waals surface area contributed by atoms with E-state index in [1.165, 1.54) is 49.5 Å². The van der Waals surface area contributed by atoms with Gasteiger partial charge in [0, 0.05) is 22.5 Å². The van der Waals surface area contributed by atoms with Gasteiger partial charge in [0.25, 0.3) is 0 Å². The molecule has 0 N–H and O–H groups in total. The number of hydrogen-bond donors (Lipinski definition) is 0. The number of aromatic nitrogens is 2. The van der Waals surface area contributed by atoms with E-state index in [2.05, 4.69) is 170 Å². The van der Waals surface area contributed by atoms with E-state index in [0.717, 1.165) is 17.0 Å². The molecule has 0 spiro atoms. The molecule has 0 atom stereocenters. The summed E-state index contributed by atoms with van der Waals surface area (Å²) in [7, 11) is 2.17. The number of hydrogen-bond acceptors (Lipinski definition) is 1. The quantitative estimate of drug-likeness (QED) is 0.171. The van der Waals surface area contributed by atoms with Crippen LogP contribution in [0.4, 0.5) is 5.82 Å². The monoisotopic (exact) mass is 621 g/mol. The molecular weight excluding hydrogens is 581 g/mol. The van der Waals surface area contributed by atoms with E-state index < -0.39 is 0 Å². The molecule has 4 heteroatoms. The highest BCUT2D eigenvalue weighted by Crippen LogP contribution is 2.27. The Balaban J connectivity index is 0.000000157. The zero-order valence-corrected chi connectivity index (χ0v) is 28.1. The Morgan fingerprint density at radius 2 is 1.04 bits per heavy atom. The lowest BCUT2D eigenvalue weighted by Gasteiger charge is -2.12. The molecule has 233 valence electrons. The second-order valence-corrected chi connectivity index (χ2v) is 11.5. The molecule has 6 aromatic carbocycles. The molecule has 3 heterocycles. The maximum absolute atomic E-state index is 5.03. The summed E-state index contributed by atoms with van der Waals surface area (Å²) in [5.74, 6) is 0.948. The van der Waals surface area contributed by atoms with Crippen LogP contribution >= 0.6 is 0 Å². The van der Waals surface area contributed by atoms with Gasteiger partial charge in [0.1, 0.15) is 5.69 Å². The lowest BCUT2D eigenvalue weighted by atomic mass is 10.0. The highest BCUT2D eigenvalue weighted by molar-refractivity contribution is 6.29. The molecule has 9 rings (SSSR count). The van der Waals surface area contributed by atoms with E-state index in [-0.39, 0.29) is 0 Å². The van der Waals surface area contributed by atoms with Gasteiger partial charge >= 0.3 is 13.4 Å². The van der Waals surface area contributed by atoms with Crippen molar-refractivity contribution in [2.45, 2.75) is 27.7 Å². The molecular formula is C44H40BN3+. The van der Waals surface area contributed by atoms with Crippen LogP contribution in [0.5, 0.6) is 0 Å². The summed E-state index contributed by atoms with van der Waals surface area (Å²) in [5.41, 5.74) is 9.66. The fraction of sp³-hybridized carbons (Fsp3) is 0.0909. The van der Waals surface area contributed by atoms with Crippen LogP contribution < -0.4 is 9.97 Å². The van der Waals surface area contributed by atoms with Crippen molar-refractivity contribution in [2.75, 3.05) is 0 Å². The van der Waals surface area contributed by atoms with Gasteiger partial charge in [0.05, 0.1) is 5.39 Å². The molecule has 0 fully saturated rings. The highest BCUT2D eigenvalue weighted by atomic mass is 15.2. The molecule has 0 aliphatic carbocycles. The summed E-state index contributed by atoms with van der Waals surface area (Å²) >= 11 is 0. The van der Waals surface area contributed by atoms with E-state index in [9.17, 15) is 0 Å². The fourth-order valence-corrected chi connectivity index (χ4v) is 5.88. The molecule has 48 heavy (non-hydrogen) atoms. The Morgan fingerprint density at radius 3 is 1.62 bits per heavy atom. The summed E-state index contributed by atoms with van der Waals surface area (Å²) < 4.78 is 4.39. The molecule has 3 nitrogen and oxygen atoms in total. The standard InChI is InChI=1S/C23H16BN3.C12H10.C7H8.C2H6/c1-15-11-13-16(14-12-15)19-8-4-10-21-25-23-18-7-2-5-17-6-3-9-20(22(17)18)27(23)24-26(19)21;1-3-7-11(8-4-1)12-9-5-2-6-10-12;1-7-5-3-2-4-6-7;1-2/h2-14H,1H3;1-10H;2-6H,1H3;1-2H3/q+1;;;. The molecule has 0 bridgehead atoms. The van der Waals surface area contributed by atoms with Gasteiger partial charge < -0.3 is 4.48 Å². The number of rotatable bonds is 2. The molecule has 0 saturated heterocycles. The first kappa shape index (κ1) is 32.2. The van der Waals surface area contributed by atoms with Crippen LogP contribution in [0.3, 0.4) is 0 Å². The minimum atomic E-state index is 0.948. The van der Waals surface area contributed by atoms with Gasteiger partial charge in [-0.2, -0.15) is 0 Å². The molecule has 0 amide bonds. The van der Waals surface area contributed by atoms with Crippen LogP contribution in [0.15, 0.2) is 175 Å². The Kier molecular flexibility index (Phi) is 10.2. The zero-order valence-electron chi connectivity index (χ0n) is 28.1. The summed E-state index contributed by atoms with van der Waals surface area (Å²) in [5, 5.41) is 3.73. The summed E-state index contributed by atoms with van der Waals surface area (Å²) in [4.78, 5) is 5.03. The lowest BCUT2D eigenvalue weighted by molar-refractivity contribution is -0.506. The second kappa shape index (κ2) is 15.2. The Bertz CT molecular complexity index is 2230. The second-order valence-electron chi connectivity index (χ2n) is 11.5. The average Bonchev–Trinajstić information content (AvgIpc) is 3.47. The van der Waals surface area contributed by atoms with Crippen LogP contribution in [-0.4, -0.2) is 12.0 Å². The van der Waals surface area contributed by atoms with Crippen LogP contribution in [0.1, 0.15) is 25.0 Å². The van der Waals surface area contributed by atoms with E-state index in [1.807, 2.05) is 44.2 Å². The van der Waals surface area contributed by atoms with Crippen molar-refractivity contribution >= 4 is 35.0 Å². The molecule has 1 radical (unpaired) electrons. The first-order valence-electron chi connectivity index (χ1n) is 16.6. The van der Waals surface area contributed by atoms with Crippen molar-refractivity contribution in [1.29, 1.82) is 0 Å². The van der Waals surface area contributed by atoms with Crippen molar-refractivity contribution in [1.82, 2.24) is 4.48 Å². The summed E-state index contributed by atoms with van der Waals surface area (Å²) in [6.45, 7) is 8.20. The number of aryl methyl sites for hydroxylation is 2. The third-order valence-corrected chi connectivity index (χ3v) is 8.24. The largest absolute Gasteiger partial charge is 0.555 e. The SMILES string of the molecule is CC.Cc1ccc(-c2cccc3[n+]2[B]n2c(c4cccc5cccc2c54)=N3)cc1.Cc1ccccc1.c1ccc(-c2ccccc2)cc1. The zero-order chi connectivity index (χ0) is 33.3. The van der Waals surface area contributed by atoms with Crippen LogP contribution in [0, 0.1) is 13.8 Å². The fourth-order valence-electron chi connectivity index (χ4n) is 5.88. The van der Waals surface area contributed by atoms with Crippen molar-refractivity contribution < 1.29 is 4.48 Å². The van der Waals surface area contributed by atoms with Crippen molar-refractivity contribution in [2.24, 2.45) is 4.99 Å². The predicted octanol–water partition coefficient (Wildman–Crippen LogP) is 10.3. The number of benzene rings is 6. The van der Waals surface area contributed by atoms with Gasteiger partial charge in [-0.15, -0.1) is 0 Å². The summed E-state index contributed by atoms with van der Waals surface area (Å²) in [6, 6.07) is 58.9. The number of fused-ring (bicyclic) bond motifs is 4. The first-order valence-corrected chi connectivity index (χ1v) is 16.6. The van der Waals surface area contributed by atoms with Gasteiger partial charge in [0.15, 0.2) is 0 Å². The Hall–Kier alpha value is -5.74. The first-order chi connectivity index (χ1) is 23.7. The molecule has 1 aliphatic heterocycles. The molecule has 8 aromatic rings. The van der Waals surface area contributed by atoms with Crippen molar-refractivity contribution in [3.8, 4) is 22.4 Å². The Morgan fingerprint density at radius 1 is 0.500 bits per heavy atom. The molecule has 0 unspecified atom stereocenters. The average molecular weight is 622 g/mol. The third kappa shape index (κ3) is 6.99. The maximum atomic E-state index is 5.03. The van der Waals surface area contributed by atoms with Crippen LogP contribution in [0.25, 0.3) is 44.1 Å². The minimum absolute atomic E-state index is 0.948. The third-order valence-electron chi connectivity index (χ3n) is 8.24. The predicted molar refractivity (Wildman–Crippen MR) is 204 cm³/mol. The van der Waals surface area contributed by atoms with Gasteiger partial charge in [-0.25, -0.2) is 0 Å². The van der Waals surface area contributed by atoms with Crippen LogP contribution in [-0.2, 0) is 0 Å². The van der Waals surface area contributed by atoms with Gasteiger partial charge in [-0.1, -0.05) is 165 Å². The van der Waals surface area contributed by atoms with E-state index in [0.29, 0.717) is 0 Å². The minimum Gasteiger partial charge on any atom is -0.307 e. The van der Waals surface area contributed by atoms with E-state index in [4.69, 9.17) is 4.99 Å². The number of pyridine rings is 1. The van der Waals surface area contributed by atoms with Gasteiger partial charge in [0.2, 0.25) is 5.49 Å². The Labute approximate surface area is 284 Å². The number of nitrogens with zero attached hydrogens (tertiary/aromatic N) is 3. The topological polar surface area (TPSA) is 21.2 Å². The molecule has 2 aromatic heterocycles. The van der Waals surface area contributed by atoms with Gasteiger partial charge in [-0.05, 0) is 59.6 Å². The molecule has 1 aliphatic rings. The maximum Gasteiger partial charge on any atom is 0.555 e. The van der Waals surface area contributed by atoms with E-state index in [1.54, 1.807) is 0 Å². The van der Waals surface area contributed by atoms with Crippen molar-refractivity contribution in [3.63, 3.8) is 0 Å².